The highest BCUT2D eigenvalue weighted by atomic mass is 16.5. The molecule has 1 fully saturated rings. The quantitative estimate of drug-likeness (QED) is 0.782. The van der Waals surface area contributed by atoms with E-state index in [1.54, 1.807) is 13.2 Å². The Balaban J connectivity index is 1.63. The van der Waals surface area contributed by atoms with E-state index in [0.717, 1.165) is 18.2 Å². The molecule has 6 nitrogen and oxygen atoms in total. The first kappa shape index (κ1) is 19.4. The Kier molecular flexibility index (Phi) is 6.16. The number of para-hydroxylation sites is 1. The number of carbonyl (C=O) groups excluding carboxylic acids is 2. The fourth-order valence-electron chi connectivity index (χ4n) is 3.78. The lowest BCUT2D eigenvalue weighted by molar-refractivity contribution is -0.125. The molecule has 0 aliphatic heterocycles. The van der Waals surface area contributed by atoms with E-state index < -0.39 is 5.97 Å². The molecule has 1 amide bonds. The second kappa shape index (κ2) is 8.57. The van der Waals surface area contributed by atoms with E-state index in [2.05, 4.69) is 19.2 Å². The van der Waals surface area contributed by atoms with Gasteiger partial charge in [-0.05, 0) is 24.3 Å². The minimum atomic E-state index is -0.654. The van der Waals surface area contributed by atoms with Crippen molar-refractivity contribution in [2.45, 2.75) is 45.8 Å². The maximum Gasteiger partial charge on any atom is 0.375 e. The van der Waals surface area contributed by atoms with Gasteiger partial charge in [-0.25, -0.2) is 4.79 Å². The molecule has 1 heterocycles. The molecule has 0 spiro atoms. The van der Waals surface area contributed by atoms with Gasteiger partial charge < -0.3 is 19.2 Å². The molecule has 27 heavy (non-hydrogen) atoms. The Morgan fingerprint density at radius 1 is 1.22 bits per heavy atom. The SMILES string of the molecule is COCc1c(C(=O)OCC(=O)NC2CCCC(C)C2C)oc2ccccc12. The van der Waals surface area contributed by atoms with Crippen LogP contribution in [-0.2, 0) is 20.9 Å². The molecule has 0 radical (unpaired) electrons. The van der Waals surface area contributed by atoms with Crippen molar-refractivity contribution in [1.82, 2.24) is 5.32 Å². The third-order valence-corrected chi connectivity index (χ3v) is 5.56. The summed E-state index contributed by atoms with van der Waals surface area (Å²) in [6.45, 7) is 4.28. The maximum atomic E-state index is 12.5. The van der Waals surface area contributed by atoms with Gasteiger partial charge in [-0.3, -0.25) is 4.79 Å². The average molecular weight is 373 g/mol. The van der Waals surface area contributed by atoms with Crippen LogP contribution in [0, 0.1) is 11.8 Å². The summed E-state index contributed by atoms with van der Waals surface area (Å²) in [5.74, 6) is 0.156. The molecule has 3 atom stereocenters. The van der Waals surface area contributed by atoms with Crippen molar-refractivity contribution in [2.75, 3.05) is 13.7 Å². The lowest BCUT2D eigenvalue weighted by atomic mass is 9.78. The summed E-state index contributed by atoms with van der Waals surface area (Å²) in [7, 11) is 1.55. The zero-order chi connectivity index (χ0) is 19.4. The first-order valence-electron chi connectivity index (χ1n) is 9.47. The molecule has 1 aliphatic rings. The normalized spacial score (nSPS) is 22.6. The van der Waals surface area contributed by atoms with E-state index in [9.17, 15) is 9.59 Å². The molecule has 6 heteroatoms. The molecule has 1 aromatic heterocycles. The molecule has 1 N–H and O–H groups in total. The van der Waals surface area contributed by atoms with Crippen LogP contribution < -0.4 is 5.32 Å². The average Bonchev–Trinajstić information content (AvgIpc) is 3.03. The van der Waals surface area contributed by atoms with Crippen molar-refractivity contribution in [3.63, 3.8) is 0 Å². The smallest absolute Gasteiger partial charge is 0.375 e. The van der Waals surface area contributed by atoms with Gasteiger partial charge in [-0.1, -0.05) is 44.9 Å². The molecular formula is C21H27NO5. The fourth-order valence-corrected chi connectivity index (χ4v) is 3.78. The predicted molar refractivity (Wildman–Crippen MR) is 101 cm³/mol. The topological polar surface area (TPSA) is 77.8 Å². The first-order chi connectivity index (χ1) is 13.0. The van der Waals surface area contributed by atoms with Gasteiger partial charge in [0.1, 0.15) is 5.58 Å². The Hall–Kier alpha value is -2.34. The minimum Gasteiger partial charge on any atom is -0.450 e. The van der Waals surface area contributed by atoms with Gasteiger partial charge in [0.15, 0.2) is 6.61 Å². The third-order valence-electron chi connectivity index (χ3n) is 5.56. The van der Waals surface area contributed by atoms with Gasteiger partial charge in [-0.2, -0.15) is 0 Å². The van der Waals surface area contributed by atoms with Crippen molar-refractivity contribution >= 4 is 22.8 Å². The Morgan fingerprint density at radius 2 is 2.00 bits per heavy atom. The van der Waals surface area contributed by atoms with Crippen molar-refractivity contribution in [3.8, 4) is 0 Å². The number of ether oxygens (including phenoxy) is 2. The van der Waals surface area contributed by atoms with Crippen LogP contribution in [0.15, 0.2) is 28.7 Å². The van der Waals surface area contributed by atoms with E-state index in [1.165, 1.54) is 6.42 Å². The lowest BCUT2D eigenvalue weighted by Gasteiger charge is -2.34. The third kappa shape index (κ3) is 4.33. The highest BCUT2D eigenvalue weighted by Crippen LogP contribution is 2.29. The van der Waals surface area contributed by atoms with Crippen LogP contribution in [-0.4, -0.2) is 31.6 Å². The number of rotatable bonds is 6. The molecule has 1 saturated carbocycles. The fraction of sp³-hybridized carbons (Fsp3) is 0.524. The summed E-state index contributed by atoms with van der Waals surface area (Å²) in [4.78, 5) is 24.7. The van der Waals surface area contributed by atoms with Crippen molar-refractivity contribution in [2.24, 2.45) is 11.8 Å². The Morgan fingerprint density at radius 3 is 2.78 bits per heavy atom. The summed E-state index contributed by atoms with van der Waals surface area (Å²) in [5.41, 5.74) is 1.22. The number of benzene rings is 1. The van der Waals surface area contributed by atoms with E-state index in [-0.39, 0.29) is 30.9 Å². The summed E-state index contributed by atoms with van der Waals surface area (Å²) in [6.07, 6.45) is 3.26. The molecule has 3 unspecified atom stereocenters. The number of carbonyl (C=O) groups is 2. The summed E-state index contributed by atoms with van der Waals surface area (Å²) >= 11 is 0. The number of nitrogens with one attached hydrogen (secondary N) is 1. The maximum absolute atomic E-state index is 12.5. The highest BCUT2D eigenvalue weighted by molar-refractivity contribution is 5.96. The number of amides is 1. The predicted octanol–water partition coefficient (Wildman–Crippen LogP) is 3.68. The van der Waals surface area contributed by atoms with E-state index in [0.29, 0.717) is 23.0 Å². The number of furan rings is 1. The minimum absolute atomic E-state index is 0.0884. The molecule has 0 bridgehead atoms. The van der Waals surface area contributed by atoms with Crippen LogP contribution in [0.2, 0.25) is 0 Å². The first-order valence-corrected chi connectivity index (χ1v) is 9.47. The molecule has 3 rings (SSSR count). The van der Waals surface area contributed by atoms with Crippen LogP contribution in [0.4, 0.5) is 0 Å². The number of methoxy groups -OCH3 is 1. The monoisotopic (exact) mass is 373 g/mol. The van der Waals surface area contributed by atoms with Crippen molar-refractivity contribution in [3.05, 3.63) is 35.6 Å². The second-order valence-electron chi connectivity index (χ2n) is 7.36. The van der Waals surface area contributed by atoms with Crippen LogP contribution in [0.3, 0.4) is 0 Å². The van der Waals surface area contributed by atoms with Gasteiger partial charge in [-0.15, -0.1) is 0 Å². The van der Waals surface area contributed by atoms with Crippen molar-refractivity contribution < 1.29 is 23.5 Å². The molecule has 1 aromatic carbocycles. The van der Waals surface area contributed by atoms with Crippen LogP contribution >= 0.6 is 0 Å². The number of fused-ring (bicyclic) bond motifs is 1. The van der Waals surface area contributed by atoms with Gasteiger partial charge in [0.2, 0.25) is 5.76 Å². The summed E-state index contributed by atoms with van der Waals surface area (Å²) < 4.78 is 16.0. The molecule has 0 saturated heterocycles. The summed E-state index contributed by atoms with van der Waals surface area (Å²) in [6, 6.07) is 7.48. The molecule has 146 valence electrons. The number of hydrogen-bond acceptors (Lipinski definition) is 5. The van der Waals surface area contributed by atoms with E-state index in [1.807, 2.05) is 18.2 Å². The van der Waals surface area contributed by atoms with Crippen LogP contribution in [0.1, 0.15) is 49.2 Å². The van der Waals surface area contributed by atoms with Gasteiger partial charge >= 0.3 is 5.97 Å². The van der Waals surface area contributed by atoms with Crippen LogP contribution in [0.25, 0.3) is 11.0 Å². The zero-order valence-electron chi connectivity index (χ0n) is 16.1. The number of hydrogen-bond donors (Lipinski definition) is 1. The standard InChI is InChI=1S/C21H27NO5/c1-13-7-6-9-17(14(13)2)22-19(23)12-26-21(24)20-16(11-25-3)15-8-4-5-10-18(15)27-20/h4-5,8,10,13-14,17H,6-7,9,11-12H2,1-3H3,(H,22,23). The Bertz CT molecular complexity index is 812. The second-order valence-corrected chi connectivity index (χ2v) is 7.36. The zero-order valence-corrected chi connectivity index (χ0v) is 16.1. The Labute approximate surface area is 159 Å². The molecular weight excluding hydrogens is 346 g/mol. The van der Waals surface area contributed by atoms with E-state index in [4.69, 9.17) is 13.9 Å². The largest absolute Gasteiger partial charge is 0.450 e. The van der Waals surface area contributed by atoms with Gasteiger partial charge in [0.25, 0.3) is 5.91 Å². The molecule has 1 aliphatic carbocycles. The summed E-state index contributed by atoms with van der Waals surface area (Å²) in [5, 5.41) is 3.81. The van der Waals surface area contributed by atoms with Gasteiger partial charge in [0, 0.05) is 24.1 Å². The molecule has 2 aromatic rings. The number of esters is 1. The van der Waals surface area contributed by atoms with Crippen LogP contribution in [0.5, 0.6) is 0 Å². The van der Waals surface area contributed by atoms with E-state index >= 15 is 0 Å². The van der Waals surface area contributed by atoms with Gasteiger partial charge in [0.05, 0.1) is 6.61 Å². The van der Waals surface area contributed by atoms with Crippen molar-refractivity contribution in [1.29, 1.82) is 0 Å². The highest BCUT2D eigenvalue weighted by Gasteiger charge is 2.29. The lowest BCUT2D eigenvalue weighted by Crippen LogP contribution is -2.45.